The van der Waals surface area contributed by atoms with Gasteiger partial charge in [0, 0.05) is 18.7 Å². The van der Waals surface area contributed by atoms with E-state index in [1.807, 2.05) is 32.0 Å². The number of hydrogen-bond donors (Lipinski definition) is 0. The van der Waals surface area contributed by atoms with Crippen molar-refractivity contribution >= 4 is 26.7 Å². The van der Waals surface area contributed by atoms with Crippen LogP contribution in [0.15, 0.2) is 51.7 Å². The molecular weight excluding hydrogens is 430 g/mol. The number of ether oxygens (including phenoxy) is 1. The Morgan fingerprint density at radius 1 is 1.16 bits per heavy atom. The second-order valence-electron chi connectivity index (χ2n) is 8.20. The maximum absolute atomic E-state index is 13.5. The molecule has 1 aliphatic heterocycles. The van der Waals surface area contributed by atoms with E-state index in [0.29, 0.717) is 23.1 Å². The Morgan fingerprint density at radius 2 is 1.88 bits per heavy atom. The number of hydrogen-bond acceptors (Lipinski definition) is 6. The molecule has 168 valence electrons. The minimum absolute atomic E-state index is 0.0318. The van der Waals surface area contributed by atoms with Crippen LogP contribution in [-0.2, 0) is 16.4 Å². The van der Waals surface area contributed by atoms with E-state index in [2.05, 4.69) is 0 Å². The van der Waals surface area contributed by atoms with Crippen LogP contribution in [0.5, 0.6) is 5.75 Å². The van der Waals surface area contributed by atoms with E-state index in [4.69, 9.17) is 9.15 Å². The van der Waals surface area contributed by atoms with E-state index in [1.54, 1.807) is 25.3 Å². The molecular formula is C24H25NO6S. The van der Waals surface area contributed by atoms with Crippen LogP contribution in [0.2, 0.25) is 0 Å². The largest absolute Gasteiger partial charge is 0.497 e. The highest BCUT2D eigenvalue weighted by Gasteiger charge is 2.36. The molecule has 0 bridgehead atoms. The SMILES string of the molecule is COc1ccc(CN(C(=O)c2cc(=O)c3ccc(C)c(C)c3o2)[C@H]2CCS(=O)(=O)C2)cc1. The van der Waals surface area contributed by atoms with Crippen LogP contribution in [0, 0.1) is 13.8 Å². The molecule has 1 atom stereocenters. The van der Waals surface area contributed by atoms with Gasteiger partial charge in [0.15, 0.2) is 21.0 Å². The summed E-state index contributed by atoms with van der Waals surface area (Å²) in [6.45, 7) is 3.94. The van der Waals surface area contributed by atoms with Crippen LogP contribution in [0.3, 0.4) is 0 Å². The minimum atomic E-state index is -3.22. The molecule has 0 unspecified atom stereocenters. The standard InChI is InChI=1S/C24H25NO6S/c1-15-4-9-20-21(26)12-22(31-23(20)16(15)2)24(27)25(18-10-11-32(28,29)14-18)13-17-5-7-19(30-3)8-6-17/h4-9,12,18H,10-11,13-14H2,1-3H3/t18-/m0/s1. The Labute approximate surface area is 186 Å². The van der Waals surface area contributed by atoms with E-state index in [0.717, 1.165) is 16.7 Å². The maximum atomic E-state index is 13.5. The summed E-state index contributed by atoms with van der Waals surface area (Å²) < 4.78 is 35.4. The Morgan fingerprint density at radius 3 is 2.50 bits per heavy atom. The summed E-state index contributed by atoms with van der Waals surface area (Å²) in [7, 11) is -1.65. The molecule has 0 saturated carbocycles. The van der Waals surface area contributed by atoms with Crippen molar-refractivity contribution in [1.29, 1.82) is 0 Å². The van der Waals surface area contributed by atoms with Crippen LogP contribution in [0.1, 0.15) is 33.7 Å². The molecule has 2 heterocycles. The van der Waals surface area contributed by atoms with Gasteiger partial charge in [-0.1, -0.05) is 18.2 Å². The number of benzene rings is 2. The van der Waals surface area contributed by atoms with Crippen LogP contribution in [0.4, 0.5) is 0 Å². The number of amides is 1. The lowest BCUT2D eigenvalue weighted by Gasteiger charge is -2.28. The van der Waals surface area contributed by atoms with Crippen molar-refractivity contribution in [3.63, 3.8) is 0 Å². The molecule has 3 aromatic rings. The van der Waals surface area contributed by atoms with Gasteiger partial charge in [0.1, 0.15) is 11.3 Å². The molecule has 1 saturated heterocycles. The molecule has 1 fully saturated rings. The fourth-order valence-electron chi connectivity index (χ4n) is 4.01. The molecule has 1 aromatic heterocycles. The van der Waals surface area contributed by atoms with Crippen LogP contribution in [0.25, 0.3) is 11.0 Å². The van der Waals surface area contributed by atoms with E-state index in [9.17, 15) is 18.0 Å². The molecule has 4 rings (SSSR count). The number of sulfone groups is 1. The van der Waals surface area contributed by atoms with E-state index < -0.39 is 21.8 Å². The Kier molecular flexibility index (Phi) is 5.81. The average Bonchev–Trinajstić information content (AvgIpc) is 3.14. The fraction of sp³-hybridized carbons (Fsp3) is 0.333. The van der Waals surface area contributed by atoms with Gasteiger partial charge in [-0.05, 0) is 55.2 Å². The molecule has 0 aliphatic carbocycles. The normalized spacial score (nSPS) is 17.4. The summed E-state index contributed by atoms with van der Waals surface area (Å²) >= 11 is 0. The number of carbonyl (C=O) groups excluding carboxylic acids is 1. The Hall–Kier alpha value is -3.13. The highest BCUT2D eigenvalue weighted by molar-refractivity contribution is 7.91. The molecule has 0 spiro atoms. The van der Waals surface area contributed by atoms with Gasteiger partial charge < -0.3 is 14.1 Å². The first kappa shape index (κ1) is 22.1. The molecule has 7 nitrogen and oxygen atoms in total. The number of nitrogens with zero attached hydrogens (tertiary/aromatic N) is 1. The second-order valence-corrected chi connectivity index (χ2v) is 10.4. The van der Waals surface area contributed by atoms with Crippen molar-refractivity contribution in [1.82, 2.24) is 4.90 Å². The van der Waals surface area contributed by atoms with Gasteiger partial charge in [-0.3, -0.25) is 9.59 Å². The third-order valence-electron chi connectivity index (χ3n) is 6.05. The van der Waals surface area contributed by atoms with Crippen molar-refractivity contribution in [2.24, 2.45) is 0 Å². The molecule has 32 heavy (non-hydrogen) atoms. The number of rotatable bonds is 5. The molecule has 1 amide bonds. The van der Waals surface area contributed by atoms with Crippen molar-refractivity contribution < 1.29 is 22.4 Å². The lowest BCUT2D eigenvalue weighted by Crippen LogP contribution is -2.40. The van der Waals surface area contributed by atoms with Crippen molar-refractivity contribution in [2.45, 2.75) is 32.9 Å². The second kappa shape index (κ2) is 8.43. The van der Waals surface area contributed by atoms with Crippen molar-refractivity contribution in [3.8, 4) is 5.75 Å². The molecule has 0 N–H and O–H groups in total. The lowest BCUT2D eigenvalue weighted by atomic mass is 10.1. The van der Waals surface area contributed by atoms with E-state index >= 15 is 0 Å². The zero-order valence-corrected chi connectivity index (χ0v) is 19.1. The molecule has 8 heteroatoms. The summed E-state index contributed by atoms with van der Waals surface area (Å²) in [6.07, 6.45) is 0.347. The summed E-state index contributed by atoms with van der Waals surface area (Å²) in [5.74, 6) is 0.0211. The molecule has 0 radical (unpaired) electrons. The first-order valence-electron chi connectivity index (χ1n) is 10.4. The Balaban J connectivity index is 1.75. The first-order chi connectivity index (χ1) is 15.2. The molecule has 2 aromatic carbocycles. The minimum Gasteiger partial charge on any atom is -0.497 e. The van der Waals surface area contributed by atoms with Gasteiger partial charge in [0.2, 0.25) is 0 Å². The number of fused-ring (bicyclic) bond motifs is 1. The first-order valence-corrected chi connectivity index (χ1v) is 12.2. The van der Waals surface area contributed by atoms with Gasteiger partial charge >= 0.3 is 0 Å². The van der Waals surface area contributed by atoms with Crippen molar-refractivity contribution in [2.75, 3.05) is 18.6 Å². The third kappa shape index (κ3) is 4.27. The summed E-state index contributed by atoms with van der Waals surface area (Å²) in [4.78, 5) is 27.7. The van der Waals surface area contributed by atoms with Gasteiger partial charge in [0.05, 0.1) is 24.0 Å². The zero-order valence-electron chi connectivity index (χ0n) is 18.3. The lowest BCUT2D eigenvalue weighted by molar-refractivity contribution is 0.0648. The van der Waals surface area contributed by atoms with E-state index in [-0.39, 0.29) is 29.2 Å². The maximum Gasteiger partial charge on any atom is 0.290 e. The van der Waals surface area contributed by atoms with Crippen molar-refractivity contribution in [3.05, 3.63) is 75.1 Å². The highest BCUT2D eigenvalue weighted by atomic mass is 32.2. The van der Waals surface area contributed by atoms with E-state index in [1.165, 1.54) is 11.0 Å². The summed E-state index contributed by atoms with van der Waals surface area (Å²) in [5, 5.41) is 0.412. The average molecular weight is 456 g/mol. The smallest absolute Gasteiger partial charge is 0.290 e. The highest BCUT2D eigenvalue weighted by Crippen LogP contribution is 2.25. The van der Waals surface area contributed by atoms with Gasteiger partial charge in [-0.25, -0.2) is 8.42 Å². The zero-order chi connectivity index (χ0) is 23.0. The van der Waals surface area contributed by atoms with Crippen LogP contribution >= 0.6 is 0 Å². The predicted molar refractivity (Wildman–Crippen MR) is 122 cm³/mol. The van der Waals surface area contributed by atoms with Crippen LogP contribution in [-0.4, -0.2) is 43.9 Å². The Bertz CT molecular complexity index is 1340. The van der Waals surface area contributed by atoms with Gasteiger partial charge in [-0.15, -0.1) is 0 Å². The topological polar surface area (TPSA) is 93.9 Å². The third-order valence-corrected chi connectivity index (χ3v) is 7.80. The van der Waals surface area contributed by atoms with Gasteiger partial charge in [-0.2, -0.15) is 0 Å². The quantitative estimate of drug-likeness (QED) is 0.586. The number of aryl methyl sites for hydroxylation is 2. The number of carbonyl (C=O) groups is 1. The summed E-state index contributed by atoms with van der Waals surface area (Å²) in [6, 6.07) is 11.5. The molecule has 1 aliphatic rings. The predicted octanol–water partition coefficient (Wildman–Crippen LogP) is 3.25. The van der Waals surface area contributed by atoms with Gasteiger partial charge in [0.25, 0.3) is 5.91 Å². The monoisotopic (exact) mass is 455 g/mol. The van der Waals surface area contributed by atoms with Crippen LogP contribution < -0.4 is 10.2 Å². The number of methoxy groups -OCH3 is 1. The summed E-state index contributed by atoms with van der Waals surface area (Å²) in [5.41, 5.74) is 2.63. The fourth-order valence-corrected chi connectivity index (χ4v) is 5.75.